The lowest BCUT2D eigenvalue weighted by Crippen LogP contribution is -2.38. The van der Waals surface area contributed by atoms with Crippen molar-refractivity contribution in [3.63, 3.8) is 0 Å². The van der Waals surface area contributed by atoms with Crippen LogP contribution in [0.1, 0.15) is 65.9 Å². The van der Waals surface area contributed by atoms with Crippen LogP contribution in [0.5, 0.6) is 5.75 Å². The van der Waals surface area contributed by atoms with Gasteiger partial charge in [-0.1, -0.05) is 5.16 Å². The Balaban J connectivity index is 1.38. The summed E-state index contributed by atoms with van der Waals surface area (Å²) in [5, 5.41) is 4.29. The Kier molecular flexibility index (Phi) is 4.96. The second-order valence-electron chi connectivity index (χ2n) is 7.20. The van der Waals surface area contributed by atoms with Gasteiger partial charge < -0.3 is 14.2 Å². The van der Waals surface area contributed by atoms with Gasteiger partial charge in [0.15, 0.2) is 0 Å². The van der Waals surface area contributed by atoms with Crippen LogP contribution in [0.15, 0.2) is 28.8 Å². The van der Waals surface area contributed by atoms with Crippen LogP contribution in [0.4, 0.5) is 0 Å². The molecule has 2 heterocycles. The number of ether oxygens (including phenoxy) is 1. The predicted molar refractivity (Wildman–Crippen MR) is 98.6 cm³/mol. The predicted octanol–water partition coefficient (Wildman–Crippen LogP) is 3.97. The minimum absolute atomic E-state index is 0.103. The number of carbonyl (C=O) groups excluding carboxylic acids is 1. The van der Waals surface area contributed by atoms with Gasteiger partial charge in [-0.25, -0.2) is 0 Å². The van der Waals surface area contributed by atoms with Crippen LogP contribution in [-0.2, 0) is 12.8 Å². The zero-order valence-corrected chi connectivity index (χ0v) is 15.4. The number of amides is 1. The SMILES string of the molecule is CCOc1ccc(C(=O)N2CCC(c3onc4c3CCCC4)CC2)cc1. The molecule has 0 atom stereocenters. The smallest absolute Gasteiger partial charge is 0.253 e. The molecule has 0 unspecified atom stereocenters. The van der Waals surface area contributed by atoms with E-state index in [0.29, 0.717) is 12.5 Å². The van der Waals surface area contributed by atoms with Gasteiger partial charge in [0, 0.05) is 30.1 Å². The number of rotatable bonds is 4. The fourth-order valence-electron chi connectivity index (χ4n) is 4.12. The number of hydrogen-bond donors (Lipinski definition) is 0. The Morgan fingerprint density at radius 1 is 1.19 bits per heavy atom. The molecule has 4 rings (SSSR count). The van der Waals surface area contributed by atoms with Gasteiger partial charge in [0.05, 0.1) is 12.3 Å². The number of nitrogens with zero attached hydrogens (tertiary/aromatic N) is 2. The highest BCUT2D eigenvalue weighted by molar-refractivity contribution is 5.94. The number of likely N-dealkylation sites (tertiary alicyclic amines) is 1. The molecule has 0 spiro atoms. The highest BCUT2D eigenvalue weighted by atomic mass is 16.5. The van der Waals surface area contributed by atoms with Crippen LogP contribution in [-0.4, -0.2) is 35.7 Å². The molecule has 5 nitrogen and oxygen atoms in total. The average Bonchev–Trinajstić information content (AvgIpc) is 3.13. The van der Waals surface area contributed by atoms with Gasteiger partial charge in [-0.2, -0.15) is 0 Å². The van der Waals surface area contributed by atoms with Crippen molar-refractivity contribution in [1.29, 1.82) is 0 Å². The molecule has 26 heavy (non-hydrogen) atoms. The lowest BCUT2D eigenvalue weighted by Gasteiger charge is -2.31. The van der Waals surface area contributed by atoms with Crippen molar-refractivity contribution >= 4 is 5.91 Å². The number of hydrogen-bond acceptors (Lipinski definition) is 4. The standard InChI is InChI=1S/C21H26N2O3/c1-2-25-17-9-7-16(8-10-17)21(24)23-13-11-15(12-14-23)20-18-5-3-4-6-19(18)22-26-20/h7-10,15H,2-6,11-14H2,1H3. The van der Waals surface area contributed by atoms with E-state index in [2.05, 4.69) is 5.16 Å². The number of aromatic nitrogens is 1. The van der Waals surface area contributed by atoms with Crippen molar-refractivity contribution in [3.8, 4) is 5.75 Å². The van der Waals surface area contributed by atoms with Gasteiger partial charge in [-0.3, -0.25) is 4.79 Å². The summed E-state index contributed by atoms with van der Waals surface area (Å²) in [6.07, 6.45) is 6.49. The second kappa shape index (κ2) is 7.52. The average molecular weight is 354 g/mol. The van der Waals surface area contributed by atoms with Crippen molar-refractivity contribution in [2.75, 3.05) is 19.7 Å². The lowest BCUT2D eigenvalue weighted by atomic mass is 9.87. The summed E-state index contributed by atoms with van der Waals surface area (Å²) < 4.78 is 11.2. The Labute approximate surface area is 154 Å². The van der Waals surface area contributed by atoms with Crippen molar-refractivity contribution in [2.24, 2.45) is 0 Å². The summed E-state index contributed by atoms with van der Waals surface area (Å²) in [5.41, 5.74) is 3.25. The third-order valence-corrected chi connectivity index (χ3v) is 5.56. The van der Waals surface area contributed by atoms with E-state index in [9.17, 15) is 4.79 Å². The third-order valence-electron chi connectivity index (χ3n) is 5.56. The van der Waals surface area contributed by atoms with E-state index in [0.717, 1.165) is 55.8 Å². The highest BCUT2D eigenvalue weighted by Crippen LogP contribution is 2.35. The monoisotopic (exact) mass is 354 g/mol. The molecule has 0 radical (unpaired) electrons. The summed E-state index contributed by atoms with van der Waals surface area (Å²) in [6, 6.07) is 7.44. The molecule has 1 aromatic carbocycles. The van der Waals surface area contributed by atoms with E-state index < -0.39 is 0 Å². The summed E-state index contributed by atoms with van der Waals surface area (Å²) in [4.78, 5) is 14.7. The maximum Gasteiger partial charge on any atom is 0.253 e. The van der Waals surface area contributed by atoms with Gasteiger partial charge >= 0.3 is 0 Å². The number of benzene rings is 1. The zero-order valence-electron chi connectivity index (χ0n) is 15.4. The third kappa shape index (κ3) is 3.35. The van der Waals surface area contributed by atoms with E-state index in [1.54, 1.807) is 0 Å². The summed E-state index contributed by atoms with van der Waals surface area (Å²) >= 11 is 0. The fraction of sp³-hybridized carbons (Fsp3) is 0.524. The quantitative estimate of drug-likeness (QED) is 0.833. The van der Waals surface area contributed by atoms with E-state index in [1.807, 2.05) is 36.1 Å². The molecule has 2 aliphatic rings. The molecule has 1 amide bonds. The highest BCUT2D eigenvalue weighted by Gasteiger charge is 2.30. The van der Waals surface area contributed by atoms with Gasteiger partial charge in [0.25, 0.3) is 5.91 Å². The van der Waals surface area contributed by atoms with Crippen LogP contribution in [0, 0.1) is 0 Å². The van der Waals surface area contributed by atoms with E-state index in [1.165, 1.54) is 24.1 Å². The number of carbonyl (C=O) groups is 1. The molecule has 1 aliphatic carbocycles. The Morgan fingerprint density at radius 2 is 1.92 bits per heavy atom. The largest absolute Gasteiger partial charge is 0.494 e. The van der Waals surface area contributed by atoms with Crippen LogP contribution in [0.25, 0.3) is 0 Å². The number of aryl methyl sites for hydroxylation is 1. The summed E-state index contributed by atoms with van der Waals surface area (Å²) in [6.45, 7) is 4.12. The molecule has 0 N–H and O–H groups in total. The van der Waals surface area contributed by atoms with Gasteiger partial charge in [-0.05, 0) is 69.7 Å². The van der Waals surface area contributed by atoms with Crippen LogP contribution in [0.3, 0.4) is 0 Å². The van der Waals surface area contributed by atoms with Gasteiger partial charge in [0.1, 0.15) is 11.5 Å². The van der Waals surface area contributed by atoms with E-state index >= 15 is 0 Å². The van der Waals surface area contributed by atoms with E-state index in [-0.39, 0.29) is 5.91 Å². The first-order valence-electron chi connectivity index (χ1n) is 9.75. The van der Waals surface area contributed by atoms with Crippen molar-refractivity contribution in [1.82, 2.24) is 10.1 Å². The van der Waals surface area contributed by atoms with Crippen molar-refractivity contribution < 1.29 is 14.1 Å². The molecular weight excluding hydrogens is 328 g/mol. The molecule has 5 heteroatoms. The Bertz CT molecular complexity index is 758. The lowest BCUT2D eigenvalue weighted by molar-refractivity contribution is 0.0706. The maximum absolute atomic E-state index is 12.7. The van der Waals surface area contributed by atoms with Crippen LogP contribution in [0.2, 0.25) is 0 Å². The molecule has 138 valence electrons. The second-order valence-corrected chi connectivity index (χ2v) is 7.20. The molecule has 1 aromatic heterocycles. The molecule has 1 aliphatic heterocycles. The fourth-order valence-corrected chi connectivity index (χ4v) is 4.12. The summed E-state index contributed by atoms with van der Waals surface area (Å²) in [5.74, 6) is 2.39. The number of piperidine rings is 1. The van der Waals surface area contributed by atoms with Crippen molar-refractivity contribution in [2.45, 2.75) is 51.4 Å². The van der Waals surface area contributed by atoms with Crippen molar-refractivity contribution in [3.05, 3.63) is 46.8 Å². The Morgan fingerprint density at radius 3 is 2.65 bits per heavy atom. The minimum atomic E-state index is 0.103. The number of fused-ring (bicyclic) bond motifs is 1. The van der Waals surface area contributed by atoms with Gasteiger partial charge in [0.2, 0.25) is 0 Å². The first kappa shape index (κ1) is 17.1. The summed E-state index contributed by atoms with van der Waals surface area (Å²) in [7, 11) is 0. The molecule has 0 bridgehead atoms. The van der Waals surface area contributed by atoms with E-state index in [4.69, 9.17) is 9.26 Å². The topological polar surface area (TPSA) is 55.6 Å². The Hall–Kier alpha value is -2.30. The molecule has 0 saturated carbocycles. The zero-order chi connectivity index (χ0) is 17.9. The first-order chi connectivity index (χ1) is 12.8. The van der Waals surface area contributed by atoms with Crippen LogP contribution >= 0.6 is 0 Å². The van der Waals surface area contributed by atoms with Gasteiger partial charge in [-0.15, -0.1) is 0 Å². The molecule has 1 saturated heterocycles. The molecule has 1 fully saturated rings. The van der Waals surface area contributed by atoms with Crippen LogP contribution < -0.4 is 4.74 Å². The molecule has 2 aromatic rings. The normalized spacial score (nSPS) is 17.8. The molecular formula is C21H26N2O3. The minimum Gasteiger partial charge on any atom is -0.494 e. The maximum atomic E-state index is 12.7. The first-order valence-corrected chi connectivity index (χ1v) is 9.75.